The smallest absolute Gasteiger partial charge is 0.125 e. The maximum absolute atomic E-state index is 4.26. The normalized spacial score (nSPS) is 10.4. The average molecular weight is 409 g/mol. The van der Waals surface area contributed by atoms with E-state index in [1.54, 1.807) is 12.5 Å². The Morgan fingerprint density at radius 3 is 2.13 bits per heavy atom. The van der Waals surface area contributed by atoms with Crippen molar-refractivity contribution in [3.8, 4) is 0 Å². The first-order valence-electron chi connectivity index (χ1n) is 10.9. The van der Waals surface area contributed by atoms with Crippen LogP contribution in [0.1, 0.15) is 72.8 Å². The molecule has 1 atom stereocenters. The number of para-hydroxylation sites is 1. The van der Waals surface area contributed by atoms with Crippen LogP contribution in [-0.4, -0.2) is 19.9 Å². The van der Waals surface area contributed by atoms with Crippen LogP contribution in [0.5, 0.6) is 0 Å². The zero-order valence-corrected chi connectivity index (χ0v) is 20.3. The molecule has 2 aromatic heterocycles. The predicted molar refractivity (Wildman–Crippen MR) is 133 cm³/mol. The van der Waals surface area contributed by atoms with Crippen molar-refractivity contribution in [2.24, 2.45) is 0 Å². The largest absolute Gasteiger partial charge is 0.245 e. The Labute approximate surface area is 184 Å². The Bertz CT molecular complexity index is 811. The molecule has 0 bridgehead atoms. The number of fused-ring (bicyclic) bond motifs is 1. The minimum atomic E-state index is 0.346. The summed E-state index contributed by atoms with van der Waals surface area (Å²) in [6.07, 6.45) is 13.4. The number of nitrogens with zero attached hydrogens (tertiary/aromatic N) is 4. The first-order valence-corrected chi connectivity index (χ1v) is 10.9. The van der Waals surface area contributed by atoms with Gasteiger partial charge in [-0.05, 0) is 26.0 Å². The van der Waals surface area contributed by atoms with E-state index in [0.29, 0.717) is 5.92 Å². The van der Waals surface area contributed by atoms with Gasteiger partial charge in [0.05, 0.1) is 11.2 Å². The Morgan fingerprint density at radius 1 is 0.867 bits per heavy atom. The Kier molecular flexibility index (Phi) is 20.4. The van der Waals surface area contributed by atoms with Gasteiger partial charge in [-0.1, -0.05) is 91.0 Å². The fourth-order valence-electron chi connectivity index (χ4n) is 2.08. The van der Waals surface area contributed by atoms with E-state index in [1.807, 2.05) is 110 Å². The van der Waals surface area contributed by atoms with Gasteiger partial charge in [0.2, 0.25) is 0 Å². The summed E-state index contributed by atoms with van der Waals surface area (Å²) >= 11 is 0. The van der Waals surface area contributed by atoms with Crippen LogP contribution in [0.25, 0.3) is 10.9 Å². The zero-order valence-electron chi connectivity index (χ0n) is 20.3. The first kappa shape index (κ1) is 29.3. The van der Waals surface area contributed by atoms with Crippen molar-refractivity contribution in [3.63, 3.8) is 0 Å². The third-order valence-electron chi connectivity index (χ3n) is 3.38. The van der Waals surface area contributed by atoms with Crippen molar-refractivity contribution in [1.29, 1.82) is 0 Å². The Morgan fingerprint density at radius 2 is 1.53 bits per heavy atom. The van der Waals surface area contributed by atoms with E-state index in [2.05, 4.69) is 32.9 Å². The monoisotopic (exact) mass is 408 g/mol. The molecule has 0 amide bonds. The maximum atomic E-state index is 4.26. The van der Waals surface area contributed by atoms with Crippen LogP contribution in [0.3, 0.4) is 0 Å². The number of rotatable bonds is 3. The second-order valence-corrected chi connectivity index (χ2v) is 5.31. The molecule has 3 rings (SSSR count). The molecule has 0 aliphatic rings. The number of hydrogen-bond acceptors (Lipinski definition) is 4. The molecule has 30 heavy (non-hydrogen) atoms. The molecule has 0 radical (unpaired) electrons. The van der Waals surface area contributed by atoms with Crippen molar-refractivity contribution in [2.45, 2.75) is 68.2 Å². The molecule has 2 heterocycles. The van der Waals surface area contributed by atoms with Gasteiger partial charge in [-0.3, -0.25) is 0 Å². The molecule has 0 aliphatic heterocycles. The quantitative estimate of drug-likeness (QED) is 0.416. The van der Waals surface area contributed by atoms with Gasteiger partial charge in [0.1, 0.15) is 12.2 Å². The molecule has 164 valence electrons. The summed E-state index contributed by atoms with van der Waals surface area (Å²) < 4.78 is 0. The molecule has 0 N–H and O–H groups in total. The Balaban J connectivity index is 0. The van der Waals surface area contributed by atoms with Crippen molar-refractivity contribution in [1.82, 2.24) is 19.9 Å². The second kappa shape index (κ2) is 20.8. The molecule has 0 aliphatic carbocycles. The summed E-state index contributed by atoms with van der Waals surface area (Å²) in [6, 6.07) is 9.90. The zero-order chi connectivity index (χ0) is 23.2. The summed E-state index contributed by atoms with van der Waals surface area (Å²) in [7, 11) is 0. The predicted octanol–water partition coefficient (Wildman–Crippen LogP) is 7.73. The molecule has 4 heteroatoms. The van der Waals surface area contributed by atoms with E-state index in [4.69, 9.17) is 0 Å². The lowest BCUT2D eigenvalue weighted by Gasteiger charge is -2.02. The molecule has 0 saturated carbocycles. The standard InChI is InChI=1S/C11H14N2.C9H8N2.3C2H6/c1-3-4-5-6-10(2)11-7-8-12-9-13-11;1-7-10-6-8-4-2-3-5-9(8)11-7;3*1-2/h3-10H,1-2H3;2-6H,1H3;3*1-2H3/b4-3-,6-5-;;;;. The van der Waals surface area contributed by atoms with Crippen molar-refractivity contribution < 1.29 is 0 Å². The lowest BCUT2D eigenvalue weighted by Crippen LogP contribution is -1.92. The number of hydrogen-bond donors (Lipinski definition) is 0. The summed E-state index contributed by atoms with van der Waals surface area (Å²) in [6.45, 7) is 18.0. The lowest BCUT2D eigenvalue weighted by atomic mass is 10.1. The van der Waals surface area contributed by atoms with Crippen molar-refractivity contribution in [2.75, 3.05) is 0 Å². The van der Waals surface area contributed by atoms with Crippen LogP contribution in [0.15, 0.2) is 73.4 Å². The summed E-state index contributed by atoms with van der Waals surface area (Å²) in [5.41, 5.74) is 2.07. The van der Waals surface area contributed by atoms with E-state index in [9.17, 15) is 0 Å². The van der Waals surface area contributed by atoms with E-state index < -0.39 is 0 Å². The van der Waals surface area contributed by atoms with Gasteiger partial charge < -0.3 is 0 Å². The molecule has 1 unspecified atom stereocenters. The van der Waals surface area contributed by atoms with Crippen LogP contribution in [0.4, 0.5) is 0 Å². The summed E-state index contributed by atoms with van der Waals surface area (Å²) in [5, 5.41) is 1.10. The maximum Gasteiger partial charge on any atom is 0.125 e. The number of allylic oxidation sites excluding steroid dienone is 4. The number of benzene rings is 1. The molecular weight excluding hydrogens is 368 g/mol. The first-order chi connectivity index (χ1) is 14.7. The molecule has 3 aromatic rings. The minimum absolute atomic E-state index is 0.346. The van der Waals surface area contributed by atoms with Crippen LogP contribution in [-0.2, 0) is 0 Å². The van der Waals surface area contributed by atoms with Gasteiger partial charge in [0.15, 0.2) is 0 Å². The van der Waals surface area contributed by atoms with Gasteiger partial charge in [0, 0.05) is 23.7 Å². The highest BCUT2D eigenvalue weighted by molar-refractivity contribution is 5.77. The molecule has 1 aromatic carbocycles. The van der Waals surface area contributed by atoms with Crippen LogP contribution in [0.2, 0.25) is 0 Å². The third kappa shape index (κ3) is 12.6. The second-order valence-electron chi connectivity index (χ2n) is 5.31. The molecular formula is C26H40N4. The van der Waals surface area contributed by atoms with Gasteiger partial charge in [-0.25, -0.2) is 19.9 Å². The van der Waals surface area contributed by atoms with Gasteiger partial charge in [-0.15, -0.1) is 0 Å². The van der Waals surface area contributed by atoms with Gasteiger partial charge in [-0.2, -0.15) is 0 Å². The third-order valence-corrected chi connectivity index (χ3v) is 3.38. The summed E-state index contributed by atoms with van der Waals surface area (Å²) in [5.74, 6) is 1.17. The minimum Gasteiger partial charge on any atom is -0.245 e. The van der Waals surface area contributed by atoms with E-state index in [1.165, 1.54) is 0 Å². The lowest BCUT2D eigenvalue weighted by molar-refractivity contribution is 0.891. The number of aryl methyl sites for hydroxylation is 1. The van der Waals surface area contributed by atoms with Gasteiger partial charge in [0.25, 0.3) is 0 Å². The highest BCUT2D eigenvalue weighted by atomic mass is 14.9. The fourth-order valence-corrected chi connectivity index (χ4v) is 2.08. The van der Waals surface area contributed by atoms with Crippen LogP contribution >= 0.6 is 0 Å². The Hall–Kier alpha value is -2.88. The molecule has 0 saturated heterocycles. The number of aromatic nitrogens is 4. The SMILES string of the molecule is C/C=C\C=C/C(C)c1ccncn1.CC.CC.CC.Cc1ncc2ccccc2n1. The highest BCUT2D eigenvalue weighted by Crippen LogP contribution is 2.12. The molecule has 0 spiro atoms. The fraction of sp³-hybridized carbons (Fsp3) is 0.385. The summed E-state index contributed by atoms with van der Waals surface area (Å²) in [4.78, 5) is 16.4. The van der Waals surface area contributed by atoms with E-state index in [0.717, 1.165) is 22.4 Å². The van der Waals surface area contributed by atoms with E-state index >= 15 is 0 Å². The van der Waals surface area contributed by atoms with E-state index in [-0.39, 0.29) is 0 Å². The van der Waals surface area contributed by atoms with Crippen molar-refractivity contribution >= 4 is 10.9 Å². The average Bonchev–Trinajstić information content (AvgIpc) is 2.84. The molecule has 4 nitrogen and oxygen atoms in total. The topological polar surface area (TPSA) is 51.6 Å². The van der Waals surface area contributed by atoms with Crippen LogP contribution < -0.4 is 0 Å². The highest BCUT2D eigenvalue weighted by Gasteiger charge is 1.99. The van der Waals surface area contributed by atoms with Crippen LogP contribution in [0, 0.1) is 6.92 Å². The molecule has 0 fully saturated rings. The van der Waals surface area contributed by atoms with Crippen molar-refractivity contribution in [3.05, 3.63) is 84.9 Å². The van der Waals surface area contributed by atoms with Gasteiger partial charge >= 0.3 is 0 Å².